The molecular formula is C33H39N3O2. The Balaban J connectivity index is 1.29. The molecule has 38 heavy (non-hydrogen) atoms. The Labute approximate surface area is 227 Å². The summed E-state index contributed by atoms with van der Waals surface area (Å²) < 4.78 is 5.65. The van der Waals surface area contributed by atoms with Crippen LogP contribution in [0.3, 0.4) is 0 Å². The molecule has 5 nitrogen and oxygen atoms in total. The van der Waals surface area contributed by atoms with Crippen LogP contribution in [0, 0.1) is 19.8 Å². The molecule has 2 aliphatic heterocycles. The van der Waals surface area contributed by atoms with Crippen molar-refractivity contribution in [3.63, 3.8) is 0 Å². The Morgan fingerprint density at radius 3 is 2.39 bits per heavy atom. The number of hydrazone groups is 1. The third-order valence-corrected chi connectivity index (χ3v) is 7.87. The van der Waals surface area contributed by atoms with Crippen LogP contribution in [0.25, 0.3) is 0 Å². The van der Waals surface area contributed by atoms with Crippen LogP contribution < -0.4 is 4.74 Å². The first-order chi connectivity index (χ1) is 18.5. The topological polar surface area (TPSA) is 45.1 Å². The van der Waals surface area contributed by atoms with Gasteiger partial charge in [0.2, 0.25) is 0 Å². The normalized spacial score (nSPS) is 18.4. The van der Waals surface area contributed by atoms with Gasteiger partial charge in [0.25, 0.3) is 5.91 Å². The number of benzene rings is 3. The smallest absolute Gasteiger partial charge is 0.257 e. The molecule has 3 aromatic carbocycles. The Morgan fingerprint density at radius 1 is 0.974 bits per heavy atom. The van der Waals surface area contributed by atoms with E-state index in [0.717, 1.165) is 54.9 Å². The predicted molar refractivity (Wildman–Crippen MR) is 154 cm³/mol. The molecule has 0 saturated carbocycles. The van der Waals surface area contributed by atoms with Gasteiger partial charge in [-0.3, -0.25) is 9.69 Å². The monoisotopic (exact) mass is 509 g/mol. The van der Waals surface area contributed by atoms with Crippen LogP contribution in [0.1, 0.15) is 60.0 Å². The van der Waals surface area contributed by atoms with Gasteiger partial charge in [0.05, 0.1) is 24.9 Å². The van der Waals surface area contributed by atoms with E-state index in [2.05, 4.69) is 79.4 Å². The number of nitrogens with zero attached hydrogens (tertiary/aromatic N) is 3. The highest BCUT2D eigenvalue weighted by Crippen LogP contribution is 2.35. The molecule has 5 heteroatoms. The summed E-state index contributed by atoms with van der Waals surface area (Å²) in [5, 5.41) is 6.69. The zero-order chi connectivity index (χ0) is 26.5. The van der Waals surface area contributed by atoms with Gasteiger partial charge >= 0.3 is 0 Å². The van der Waals surface area contributed by atoms with Gasteiger partial charge in [0.1, 0.15) is 5.75 Å². The quantitative estimate of drug-likeness (QED) is 0.356. The molecule has 1 amide bonds. The molecule has 198 valence electrons. The van der Waals surface area contributed by atoms with Gasteiger partial charge in [0.15, 0.2) is 0 Å². The molecule has 0 aliphatic carbocycles. The zero-order valence-corrected chi connectivity index (χ0v) is 22.9. The number of likely N-dealkylation sites (tertiary alicyclic amines) is 1. The molecule has 2 aliphatic rings. The van der Waals surface area contributed by atoms with Crippen LogP contribution in [-0.2, 0) is 11.2 Å². The van der Waals surface area contributed by atoms with E-state index in [0.29, 0.717) is 25.5 Å². The third-order valence-electron chi connectivity index (χ3n) is 7.87. The van der Waals surface area contributed by atoms with E-state index in [1.165, 1.54) is 16.7 Å². The van der Waals surface area contributed by atoms with Crippen molar-refractivity contribution in [2.24, 2.45) is 11.0 Å². The van der Waals surface area contributed by atoms with Crippen molar-refractivity contribution in [3.8, 4) is 5.75 Å². The standard InChI is InChI=1S/C33H39N3O2/c1-4-38-29-13-11-28(12-14-29)32-22-31(30-15-10-24(2)20-25(30)3)34-36(32)33(37)23-35-18-16-27(17-19-35)21-26-8-6-5-7-9-26/h5-15,20,27,32H,4,16-19,21-23H2,1-3H3/t32-/m0/s1. The molecule has 0 unspecified atom stereocenters. The van der Waals surface area contributed by atoms with Gasteiger partial charge in [-0.05, 0) is 87.9 Å². The maximum absolute atomic E-state index is 13.7. The Morgan fingerprint density at radius 2 is 1.71 bits per heavy atom. The first kappa shape index (κ1) is 26.2. The molecular weight excluding hydrogens is 470 g/mol. The molecule has 1 atom stereocenters. The molecule has 0 aromatic heterocycles. The van der Waals surface area contributed by atoms with Crippen molar-refractivity contribution in [1.82, 2.24) is 9.91 Å². The van der Waals surface area contributed by atoms with E-state index < -0.39 is 0 Å². The first-order valence-corrected chi connectivity index (χ1v) is 14.0. The Hall–Kier alpha value is -3.44. The number of aryl methyl sites for hydroxylation is 2. The second-order valence-corrected chi connectivity index (χ2v) is 10.7. The van der Waals surface area contributed by atoms with E-state index in [4.69, 9.17) is 9.84 Å². The summed E-state index contributed by atoms with van der Waals surface area (Å²) in [5.41, 5.74) is 7.04. The van der Waals surface area contributed by atoms with Gasteiger partial charge in [-0.1, -0.05) is 66.2 Å². The van der Waals surface area contributed by atoms with Gasteiger partial charge < -0.3 is 4.74 Å². The van der Waals surface area contributed by atoms with Crippen LogP contribution in [0.5, 0.6) is 5.75 Å². The van der Waals surface area contributed by atoms with Gasteiger partial charge in [-0.2, -0.15) is 5.10 Å². The second-order valence-electron chi connectivity index (χ2n) is 10.7. The largest absolute Gasteiger partial charge is 0.494 e. The fraction of sp³-hybridized carbons (Fsp3) is 0.394. The lowest BCUT2D eigenvalue weighted by Crippen LogP contribution is -2.42. The number of ether oxygens (including phenoxy) is 1. The molecule has 1 saturated heterocycles. The average molecular weight is 510 g/mol. The van der Waals surface area contributed by atoms with E-state index in [1.54, 1.807) is 5.01 Å². The number of rotatable bonds is 8. The summed E-state index contributed by atoms with van der Waals surface area (Å²) in [7, 11) is 0. The van der Waals surface area contributed by atoms with Crippen molar-refractivity contribution in [3.05, 3.63) is 101 Å². The molecule has 0 bridgehead atoms. The summed E-state index contributed by atoms with van der Waals surface area (Å²) in [4.78, 5) is 16.0. The van der Waals surface area contributed by atoms with Gasteiger partial charge in [-0.25, -0.2) is 5.01 Å². The molecule has 0 N–H and O–H groups in total. The molecule has 5 rings (SSSR count). The fourth-order valence-electron chi connectivity index (χ4n) is 5.81. The minimum absolute atomic E-state index is 0.0742. The van der Waals surface area contributed by atoms with Crippen molar-refractivity contribution in [1.29, 1.82) is 0 Å². The minimum Gasteiger partial charge on any atom is -0.494 e. The Bertz CT molecular complexity index is 1260. The van der Waals surface area contributed by atoms with E-state index in [1.807, 2.05) is 19.1 Å². The van der Waals surface area contributed by atoms with Crippen molar-refractivity contribution in [2.45, 2.75) is 52.5 Å². The maximum atomic E-state index is 13.7. The van der Waals surface area contributed by atoms with Crippen molar-refractivity contribution >= 4 is 11.6 Å². The Kier molecular flexibility index (Phi) is 8.23. The zero-order valence-electron chi connectivity index (χ0n) is 22.9. The molecule has 3 aromatic rings. The second kappa shape index (κ2) is 12.0. The predicted octanol–water partition coefficient (Wildman–Crippen LogP) is 6.33. The summed E-state index contributed by atoms with van der Waals surface area (Å²) >= 11 is 0. The SMILES string of the molecule is CCOc1ccc([C@@H]2CC(c3ccc(C)cc3C)=NN2C(=O)CN2CCC(Cc3ccccc3)CC2)cc1. The van der Waals surface area contributed by atoms with Crippen LogP contribution >= 0.6 is 0 Å². The first-order valence-electron chi connectivity index (χ1n) is 14.0. The molecule has 0 spiro atoms. The average Bonchev–Trinajstić information content (AvgIpc) is 3.36. The summed E-state index contributed by atoms with van der Waals surface area (Å²) in [5.74, 6) is 1.60. The van der Waals surface area contributed by atoms with Crippen LogP contribution in [0.4, 0.5) is 0 Å². The van der Waals surface area contributed by atoms with Crippen LogP contribution in [-0.4, -0.2) is 47.8 Å². The van der Waals surface area contributed by atoms with E-state index in [-0.39, 0.29) is 11.9 Å². The van der Waals surface area contributed by atoms with E-state index >= 15 is 0 Å². The number of carbonyl (C=O) groups excluding carboxylic acids is 1. The van der Waals surface area contributed by atoms with Crippen molar-refractivity contribution < 1.29 is 9.53 Å². The summed E-state index contributed by atoms with van der Waals surface area (Å²) in [6.45, 7) is 9.18. The van der Waals surface area contributed by atoms with Gasteiger partial charge in [0, 0.05) is 12.0 Å². The van der Waals surface area contributed by atoms with E-state index in [9.17, 15) is 4.79 Å². The lowest BCUT2D eigenvalue weighted by Gasteiger charge is -2.33. The lowest BCUT2D eigenvalue weighted by molar-refractivity contribution is -0.134. The van der Waals surface area contributed by atoms with Crippen LogP contribution in [0.2, 0.25) is 0 Å². The lowest BCUT2D eigenvalue weighted by atomic mass is 9.90. The highest BCUT2D eigenvalue weighted by Gasteiger charge is 2.34. The molecule has 1 fully saturated rings. The van der Waals surface area contributed by atoms with Crippen molar-refractivity contribution in [2.75, 3.05) is 26.2 Å². The third kappa shape index (κ3) is 6.16. The summed E-state index contributed by atoms with van der Waals surface area (Å²) in [6.07, 6.45) is 4.09. The highest BCUT2D eigenvalue weighted by atomic mass is 16.5. The molecule has 2 heterocycles. The highest BCUT2D eigenvalue weighted by molar-refractivity contribution is 6.04. The fourth-order valence-corrected chi connectivity index (χ4v) is 5.81. The number of carbonyl (C=O) groups is 1. The number of amides is 1. The maximum Gasteiger partial charge on any atom is 0.257 e. The summed E-state index contributed by atoms with van der Waals surface area (Å²) in [6, 6.07) is 25.2. The molecule has 0 radical (unpaired) electrons. The number of piperidine rings is 1. The number of hydrogen-bond acceptors (Lipinski definition) is 4. The number of hydrogen-bond donors (Lipinski definition) is 0. The minimum atomic E-state index is -0.107. The van der Waals surface area contributed by atoms with Gasteiger partial charge in [-0.15, -0.1) is 0 Å². The van der Waals surface area contributed by atoms with Crippen LogP contribution in [0.15, 0.2) is 77.9 Å².